The lowest BCUT2D eigenvalue weighted by Gasteiger charge is -2.30. The molecule has 29 heavy (non-hydrogen) atoms. The molecule has 0 unspecified atom stereocenters. The molecule has 3 rings (SSSR count). The van der Waals surface area contributed by atoms with Crippen LogP contribution in [-0.4, -0.2) is 45.7 Å². The zero-order valence-electron chi connectivity index (χ0n) is 17.6. The van der Waals surface area contributed by atoms with Crippen molar-refractivity contribution in [1.29, 1.82) is 0 Å². The molecule has 1 atom stereocenters. The summed E-state index contributed by atoms with van der Waals surface area (Å²) in [6.07, 6.45) is 0. The molecule has 1 fully saturated rings. The van der Waals surface area contributed by atoms with Crippen LogP contribution >= 0.6 is 11.6 Å². The van der Waals surface area contributed by atoms with Crippen LogP contribution in [0.25, 0.3) is 0 Å². The number of methoxy groups -OCH3 is 1. The van der Waals surface area contributed by atoms with Gasteiger partial charge >= 0.3 is 0 Å². The number of carbonyl (C=O) groups is 1. The third kappa shape index (κ3) is 6.20. The van der Waals surface area contributed by atoms with E-state index < -0.39 is 0 Å². The number of nitrogens with one attached hydrogen (secondary N) is 3. The fourth-order valence-electron chi connectivity index (χ4n) is 3.98. The van der Waals surface area contributed by atoms with Crippen molar-refractivity contribution in [3.8, 4) is 5.75 Å². The molecule has 1 saturated heterocycles. The molecule has 2 aromatic carbocycles. The molecule has 2 aromatic rings. The molecule has 1 aliphatic rings. The topological polar surface area (TPSA) is 47.2 Å². The van der Waals surface area contributed by atoms with Crippen LogP contribution in [0.15, 0.2) is 42.5 Å². The molecule has 1 amide bonds. The summed E-state index contributed by atoms with van der Waals surface area (Å²) >= 11 is 5.94. The lowest BCUT2D eigenvalue weighted by atomic mass is 10.1. The summed E-state index contributed by atoms with van der Waals surface area (Å²) in [6.45, 7) is 9.76. The Morgan fingerprint density at radius 1 is 1.10 bits per heavy atom. The van der Waals surface area contributed by atoms with Crippen molar-refractivity contribution in [2.75, 3.05) is 39.8 Å². The van der Waals surface area contributed by atoms with E-state index >= 15 is 0 Å². The lowest BCUT2D eigenvalue weighted by molar-refractivity contribution is -1.02. The summed E-state index contributed by atoms with van der Waals surface area (Å²) in [6, 6.07) is 14.0. The minimum absolute atomic E-state index is 0.0140. The molecule has 0 aromatic heterocycles. The molecule has 0 saturated carbocycles. The number of amides is 1. The van der Waals surface area contributed by atoms with Crippen LogP contribution in [0.4, 0.5) is 0 Å². The Labute approximate surface area is 178 Å². The van der Waals surface area contributed by atoms with Gasteiger partial charge in [0.1, 0.15) is 38.5 Å². The number of ether oxygens (including phenoxy) is 1. The quantitative estimate of drug-likeness (QED) is 0.624. The lowest BCUT2D eigenvalue weighted by Crippen LogP contribution is -3.28. The van der Waals surface area contributed by atoms with Crippen molar-refractivity contribution in [2.45, 2.75) is 26.4 Å². The minimum Gasteiger partial charge on any atom is -0.496 e. The number of quaternary nitrogens is 2. The number of piperazine rings is 1. The minimum atomic E-state index is -0.0140. The summed E-state index contributed by atoms with van der Waals surface area (Å²) in [7, 11) is 1.73. The Bertz CT molecular complexity index is 817. The Morgan fingerprint density at radius 2 is 1.76 bits per heavy atom. The number of carbonyl (C=O) groups excluding carboxylic acids is 1. The van der Waals surface area contributed by atoms with Gasteiger partial charge in [0.15, 0.2) is 6.54 Å². The Kier molecular flexibility index (Phi) is 7.53. The van der Waals surface area contributed by atoms with Crippen molar-refractivity contribution in [2.24, 2.45) is 0 Å². The number of hydrogen-bond donors (Lipinski definition) is 3. The van der Waals surface area contributed by atoms with Crippen LogP contribution in [0.2, 0.25) is 5.02 Å². The monoisotopic (exact) mass is 417 g/mol. The summed E-state index contributed by atoms with van der Waals surface area (Å²) in [5, 5.41) is 3.82. The maximum Gasteiger partial charge on any atom is 0.275 e. The molecule has 3 N–H and O–H groups in total. The first kappa shape index (κ1) is 21.6. The fourth-order valence-corrected chi connectivity index (χ4v) is 4.11. The standard InChI is InChI=1S/C23H30ClN3O2/c1-17-4-9-22(29-3)20(14-17)15-26-10-12-27(13-11-26)16-23(28)25-18(2)19-5-7-21(24)8-6-19/h4-9,14,18H,10-13,15-16H2,1-3H3,(H,25,28)/p+2/t18-/m1/s1. The van der Waals surface area contributed by atoms with Gasteiger partial charge in [-0.15, -0.1) is 0 Å². The van der Waals surface area contributed by atoms with Gasteiger partial charge in [-0.2, -0.15) is 0 Å². The van der Waals surface area contributed by atoms with Crippen molar-refractivity contribution in [3.63, 3.8) is 0 Å². The highest BCUT2D eigenvalue weighted by Crippen LogP contribution is 2.18. The third-order valence-corrected chi connectivity index (χ3v) is 5.95. The van der Waals surface area contributed by atoms with Crippen molar-refractivity contribution >= 4 is 17.5 Å². The SMILES string of the molecule is COc1ccc(C)cc1C[NH+]1CC[NH+](CC(=O)N[C@H](C)c2ccc(Cl)cc2)CC1. The van der Waals surface area contributed by atoms with Crippen molar-refractivity contribution in [1.82, 2.24) is 5.32 Å². The van der Waals surface area contributed by atoms with E-state index in [0.29, 0.717) is 11.6 Å². The first-order valence-corrected chi connectivity index (χ1v) is 10.7. The predicted octanol–water partition coefficient (Wildman–Crippen LogP) is 0.818. The van der Waals surface area contributed by atoms with Gasteiger partial charge in [0.05, 0.1) is 13.2 Å². The normalized spacial score (nSPS) is 20.1. The van der Waals surface area contributed by atoms with E-state index in [4.69, 9.17) is 16.3 Å². The second kappa shape index (κ2) is 10.1. The second-order valence-electron chi connectivity index (χ2n) is 8.01. The summed E-state index contributed by atoms with van der Waals surface area (Å²) < 4.78 is 5.52. The Hall–Kier alpha value is -2.08. The third-order valence-electron chi connectivity index (χ3n) is 5.70. The molecule has 1 aliphatic heterocycles. The molecule has 1 heterocycles. The molecule has 0 spiro atoms. The first-order valence-electron chi connectivity index (χ1n) is 10.3. The number of halogens is 1. The van der Waals surface area contributed by atoms with Gasteiger partial charge in [-0.1, -0.05) is 35.4 Å². The van der Waals surface area contributed by atoms with Gasteiger partial charge in [0.2, 0.25) is 0 Å². The predicted molar refractivity (Wildman–Crippen MR) is 116 cm³/mol. The van der Waals surface area contributed by atoms with Gasteiger partial charge in [-0.05, 0) is 43.7 Å². The second-order valence-corrected chi connectivity index (χ2v) is 8.45. The smallest absolute Gasteiger partial charge is 0.275 e. The molecule has 0 bridgehead atoms. The zero-order valence-corrected chi connectivity index (χ0v) is 18.3. The molecule has 0 aliphatic carbocycles. The van der Waals surface area contributed by atoms with Crippen LogP contribution in [0.1, 0.15) is 29.7 Å². The Balaban J connectivity index is 1.45. The Morgan fingerprint density at radius 3 is 2.41 bits per heavy atom. The van der Waals surface area contributed by atoms with E-state index in [0.717, 1.165) is 44.0 Å². The average molecular weight is 418 g/mol. The molecule has 5 nitrogen and oxygen atoms in total. The number of rotatable bonds is 7. The zero-order chi connectivity index (χ0) is 20.8. The van der Waals surface area contributed by atoms with E-state index in [-0.39, 0.29) is 11.9 Å². The van der Waals surface area contributed by atoms with Crippen molar-refractivity contribution < 1.29 is 19.3 Å². The summed E-state index contributed by atoms with van der Waals surface area (Å²) in [5.41, 5.74) is 3.59. The highest BCUT2D eigenvalue weighted by atomic mass is 35.5. The average Bonchev–Trinajstić information content (AvgIpc) is 2.70. The van der Waals surface area contributed by atoms with Crippen LogP contribution in [-0.2, 0) is 11.3 Å². The maximum atomic E-state index is 12.5. The van der Waals surface area contributed by atoms with E-state index in [1.807, 2.05) is 31.2 Å². The number of aryl methyl sites for hydroxylation is 1. The van der Waals surface area contributed by atoms with Gasteiger partial charge in [-0.3, -0.25) is 4.79 Å². The van der Waals surface area contributed by atoms with Crippen LogP contribution in [0, 0.1) is 6.92 Å². The highest BCUT2D eigenvalue weighted by molar-refractivity contribution is 6.30. The first-order chi connectivity index (χ1) is 13.9. The van der Waals surface area contributed by atoms with Crippen LogP contribution in [0.5, 0.6) is 5.75 Å². The molecule has 6 heteroatoms. The summed E-state index contributed by atoms with van der Waals surface area (Å²) in [4.78, 5) is 15.4. The maximum absolute atomic E-state index is 12.5. The number of benzene rings is 2. The van der Waals surface area contributed by atoms with Crippen molar-refractivity contribution in [3.05, 3.63) is 64.2 Å². The molecular weight excluding hydrogens is 386 g/mol. The van der Waals surface area contributed by atoms with E-state index in [9.17, 15) is 4.79 Å². The van der Waals surface area contributed by atoms with Crippen LogP contribution in [0.3, 0.4) is 0 Å². The van der Waals surface area contributed by atoms with Gasteiger partial charge in [-0.25, -0.2) is 0 Å². The van der Waals surface area contributed by atoms with Gasteiger partial charge in [0.25, 0.3) is 5.91 Å². The van der Waals surface area contributed by atoms with E-state index in [1.165, 1.54) is 16.0 Å². The fraction of sp³-hybridized carbons (Fsp3) is 0.435. The molecule has 0 radical (unpaired) electrons. The van der Waals surface area contributed by atoms with E-state index in [2.05, 4.69) is 30.4 Å². The van der Waals surface area contributed by atoms with E-state index in [1.54, 1.807) is 12.0 Å². The van der Waals surface area contributed by atoms with Gasteiger partial charge < -0.3 is 19.9 Å². The summed E-state index contributed by atoms with van der Waals surface area (Å²) in [5.74, 6) is 1.07. The van der Waals surface area contributed by atoms with Crippen LogP contribution < -0.4 is 19.9 Å². The molecular formula is C23H32ClN3O2+2. The molecule has 156 valence electrons. The van der Waals surface area contributed by atoms with Gasteiger partial charge in [0, 0.05) is 10.6 Å². The largest absolute Gasteiger partial charge is 0.496 e. The highest BCUT2D eigenvalue weighted by Gasteiger charge is 2.26. The number of hydrogen-bond acceptors (Lipinski definition) is 2.